The van der Waals surface area contributed by atoms with E-state index in [2.05, 4.69) is 14.9 Å². The van der Waals surface area contributed by atoms with Crippen LogP contribution in [0.1, 0.15) is 12.5 Å². The van der Waals surface area contributed by atoms with Crippen LogP contribution in [0.4, 0.5) is 18.9 Å². The zero-order valence-corrected chi connectivity index (χ0v) is 17.6. The van der Waals surface area contributed by atoms with Crippen LogP contribution in [0.15, 0.2) is 70.6 Å². The van der Waals surface area contributed by atoms with Gasteiger partial charge in [0.2, 0.25) is 0 Å². The van der Waals surface area contributed by atoms with E-state index in [1.807, 2.05) is 0 Å². The molecule has 0 spiro atoms. The predicted octanol–water partition coefficient (Wildman–Crippen LogP) is 3.76. The van der Waals surface area contributed by atoms with Crippen LogP contribution >= 0.6 is 0 Å². The minimum Gasteiger partial charge on any atom is -0.280 e. The predicted molar refractivity (Wildman–Crippen MR) is 107 cm³/mol. The van der Waals surface area contributed by atoms with E-state index >= 15 is 0 Å². The third-order valence-electron chi connectivity index (χ3n) is 4.24. The molecule has 0 aliphatic heterocycles. The van der Waals surface area contributed by atoms with Crippen molar-refractivity contribution in [1.82, 2.24) is 10.2 Å². The summed E-state index contributed by atoms with van der Waals surface area (Å²) in [6.45, 7) is 1.49. The Morgan fingerprint density at radius 1 is 0.903 bits per heavy atom. The lowest BCUT2D eigenvalue weighted by Crippen LogP contribution is -2.14. The summed E-state index contributed by atoms with van der Waals surface area (Å²) in [6, 6.07) is 12.0. The van der Waals surface area contributed by atoms with E-state index in [0.717, 1.165) is 18.2 Å². The highest BCUT2D eigenvalue weighted by molar-refractivity contribution is 7.92. The van der Waals surface area contributed by atoms with E-state index in [4.69, 9.17) is 0 Å². The molecule has 0 aliphatic carbocycles. The summed E-state index contributed by atoms with van der Waals surface area (Å²) in [4.78, 5) is -0.523. The Morgan fingerprint density at radius 3 is 2.13 bits per heavy atom. The molecule has 31 heavy (non-hydrogen) atoms. The number of alkyl halides is 3. The van der Waals surface area contributed by atoms with E-state index in [1.54, 1.807) is 0 Å². The molecule has 1 heterocycles. The first-order chi connectivity index (χ1) is 14.4. The fourth-order valence-electron chi connectivity index (χ4n) is 2.55. The molecule has 3 rings (SSSR count). The van der Waals surface area contributed by atoms with Crippen molar-refractivity contribution >= 4 is 25.5 Å². The first kappa shape index (κ1) is 22.7. The summed E-state index contributed by atoms with van der Waals surface area (Å²) in [7, 11) is -7.73. The van der Waals surface area contributed by atoms with Gasteiger partial charge in [-0.3, -0.25) is 4.72 Å². The topological polar surface area (TPSA) is 106 Å². The van der Waals surface area contributed by atoms with E-state index in [1.165, 1.54) is 43.3 Å². The molecular weight excluding hydrogens is 455 g/mol. The van der Waals surface area contributed by atoms with Crippen LogP contribution < -0.4 is 4.72 Å². The standard InChI is InChI=1S/C19H16F3N3O4S2/c1-2-30(26,27)18-11-10-17(23-24-18)13-6-8-15(9-7-13)25-31(28,29)16-5-3-4-14(12-16)19(20,21)22/h3-12,25H,2H2,1H3. The van der Waals surface area contributed by atoms with E-state index in [9.17, 15) is 30.0 Å². The zero-order chi connectivity index (χ0) is 22.9. The number of aromatic nitrogens is 2. The van der Waals surface area contributed by atoms with Gasteiger partial charge in [-0.05, 0) is 42.5 Å². The van der Waals surface area contributed by atoms with Crippen LogP contribution in [0.3, 0.4) is 0 Å². The van der Waals surface area contributed by atoms with Gasteiger partial charge in [0, 0.05) is 11.3 Å². The second kappa shape index (κ2) is 8.27. The third kappa shape index (κ3) is 5.20. The lowest BCUT2D eigenvalue weighted by atomic mass is 10.1. The number of anilines is 1. The van der Waals surface area contributed by atoms with Crippen molar-refractivity contribution in [3.8, 4) is 11.3 Å². The molecule has 3 aromatic rings. The lowest BCUT2D eigenvalue weighted by molar-refractivity contribution is -0.137. The molecule has 0 amide bonds. The Balaban J connectivity index is 1.81. The second-order valence-corrected chi connectivity index (χ2v) is 10.3. The summed E-state index contributed by atoms with van der Waals surface area (Å²) in [6.07, 6.45) is -4.67. The highest BCUT2D eigenvalue weighted by Crippen LogP contribution is 2.31. The highest BCUT2D eigenvalue weighted by Gasteiger charge is 2.31. The summed E-state index contributed by atoms with van der Waals surface area (Å²) in [5.41, 5.74) is -0.0468. The monoisotopic (exact) mass is 471 g/mol. The van der Waals surface area contributed by atoms with Gasteiger partial charge < -0.3 is 0 Å². The molecule has 7 nitrogen and oxygen atoms in total. The Labute approximate surface area is 176 Å². The number of nitrogens with zero attached hydrogens (tertiary/aromatic N) is 2. The summed E-state index contributed by atoms with van der Waals surface area (Å²) in [5.74, 6) is -0.109. The fraction of sp³-hybridized carbons (Fsp3) is 0.158. The van der Waals surface area contributed by atoms with Crippen LogP contribution in [0.5, 0.6) is 0 Å². The number of benzene rings is 2. The van der Waals surface area contributed by atoms with Crippen LogP contribution in [0.2, 0.25) is 0 Å². The maximum Gasteiger partial charge on any atom is 0.416 e. The first-order valence-corrected chi connectivity index (χ1v) is 11.9. The molecule has 0 radical (unpaired) electrons. The number of sulfone groups is 1. The van der Waals surface area contributed by atoms with Crippen molar-refractivity contribution in [2.45, 2.75) is 23.0 Å². The van der Waals surface area contributed by atoms with Crippen LogP contribution in [-0.2, 0) is 26.0 Å². The number of hydrogen-bond acceptors (Lipinski definition) is 6. The van der Waals surface area contributed by atoms with Gasteiger partial charge >= 0.3 is 6.18 Å². The maximum absolute atomic E-state index is 12.8. The molecule has 0 fully saturated rings. The molecule has 0 atom stereocenters. The molecule has 0 aliphatic rings. The van der Waals surface area contributed by atoms with Crippen molar-refractivity contribution < 1.29 is 30.0 Å². The van der Waals surface area contributed by atoms with Gasteiger partial charge in [0.15, 0.2) is 14.9 Å². The van der Waals surface area contributed by atoms with E-state index in [-0.39, 0.29) is 16.5 Å². The minimum absolute atomic E-state index is 0.109. The van der Waals surface area contributed by atoms with Crippen molar-refractivity contribution in [3.63, 3.8) is 0 Å². The molecule has 12 heteroatoms. The summed E-state index contributed by atoms with van der Waals surface area (Å²) >= 11 is 0. The Kier molecular flexibility index (Phi) is 6.05. The molecule has 0 unspecified atom stereocenters. The lowest BCUT2D eigenvalue weighted by Gasteiger charge is -2.11. The van der Waals surface area contributed by atoms with Crippen molar-refractivity contribution in [3.05, 3.63) is 66.2 Å². The number of rotatable bonds is 6. The average molecular weight is 471 g/mol. The smallest absolute Gasteiger partial charge is 0.280 e. The van der Waals surface area contributed by atoms with Crippen molar-refractivity contribution in [2.24, 2.45) is 0 Å². The number of sulfonamides is 1. The molecule has 1 aromatic heterocycles. The van der Waals surface area contributed by atoms with Gasteiger partial charge in [-0.1, -0.05) is 25.1 Å². The molecule has 164 valence electrons. The maximum atomic E-state index is 12.8. The van der Waals surface area contributed by atoms with Gasteiger partial charge in [-0.25, -0.2) is 16.8 Å². The second-order valence-electron chi connectivity index (χ2n) is 6.37. The first-order valence-electron chi connectivity index (χ1n) is 8.79. The molecule has 0 saturated carbocycles. The molecular formula is C19H16F3N3O4S2. The largest absolute Gasteiger partial charge is 0.416 e. The molecule has 2 aromatic carbocycles. The van der Waals surface area contributed by atoms with Crippen molar-refractivity contribution in [2.75, 3.05) is 10.5 Å². The average Bonchev–Trinajstić information content (AvgIpc) is 2.74. The van der Waals surface area contributed by atoms with Crippen LogP contribution in [-0.4, -0.2) is 32.8 Å². The zero-order valence-electron chi connectivity index (χ0n) is 16.0. The van der Waals surface area contributed by atoms with Gasteiger partial charge in [0.25, 0.3) is 10.0 Å². The van der Waals surface area contributed by atoms with E-state index < -0.39 is 36.5 Å². The molecule has 0 bridgehead atoms. The Morgan fingerprint density at radius 2 is 1.58 bits per heavy atom. The van der Waals surface area contributed by atoms with E-state index in [0.29, 0.717) is 17.3 Å². The summed E-state index contributed by atoms with van der Waals surface area (Å²) in [5, 5.41) is 7.43. The third-order valence-corrected chi connectivity index (χ3v) is 7.24. The number of nitrogens with one attached hydrogen (secondary N) is 1. The molecule has 0 saturated heterocycles. The molecule has 1 N–H and O–H groups in total. The van der Waals surface area contributed by atoms with Crippen LogP contribution in [0, 0.1) is 0 Å². The minimum atomic E-state index is -4.67. The van der Waals surface area contributed by atoms with Gasteiger partial charge in [0.1, 0.15) is 0 Å². The SMILES string of the molecule is CCS(=O)(=O)c1ccc(-c2ccc(NS(=O)(=O)c3cccc(C(F)(F)F)c3)cc2)nn1. The Hall–Kier alpha value is -2.99. The van der Waals surface area contributed by atoms with Crippen LogP contribution in [0.25, 0.3) is 11.3 Å². The number of hydrogen-bond donors (Lipinski definition) is 1. The van der Waals surface area contributed by atoms with Gasteiger partial charge in [-0.15, -0.1) is 10.2 Å². The van der Waals surface area contributed by atoms with Crippen molar-refractivity contribution in [1.29, 1.82) is 0 Å². The van der Waals surface area contributed by atoms with Gasteiger partial charge in [0.05, 0.1) is 21.9 Å². The fourth-order valence-corrected chi connectivity index (χ4v) is 4.39. The number of halogens is 3. The highest BCUT2D eigenvalue weighted by atomic mass is 32.2. The Bertz CT molecular complexity index is 1290. The normalized spacial score (nSPS) is 12.5. The van der Waals surface area contributed by atoms with Gasteiger partial charge in [-0.2, -0.15) is 13.2 Å². The summed E-state index contributed by atoms with van der Waals surface area (Å²) < 4.78 is 89.2. The quantitative estimate of drug-likeness (QED) is 0.587.